The number of allylic oxidation sites excluding steroid dienone is 7. The van der Waals surface area contributed by atoms with Gasteiger partial charge in [0.1, 0.15) is 0 Å². The molecule has 6 nitrogen and oxygen atoms in total. The fourth-order valence-electron chi connectivity index (χ4n) is 11.3. The molecule has 5 aliphatic carbocycles. The smallest absolute Gasteiger partial charge is 0.424 e. The summed E-state index contributed by atoms with van der Waals surface area (Å²) in [6.45, 7) is 13.6. The first-order chi connectivity index (χ1) is 25.2. The van der Waals surface area contributed by atoms with Gasteiger partial charge in [0, 0.05) is 11.0 Å². The number of anilines is 2. The van der Waals surface area contributed by atoms with Crippen molar-refractivity contribution in [2.45, 2.75) is 86.5 Å². The van der Waals surface area contributed by atoms with Crippen molar-refractivity contribution >= 4 is 41.4 Å². The Hall–Kier alpha value is -4.89. The van der Waals surface area contributed by atoms with E-state index in [1.165, 1.54) is 5.57 Å². The van der Waals surface area contributed by atoms with Crippen LogP contribution in [0, 0.1) is 45.3 Å². The SMILES string of the molecule is C#CCOC(=O)[C@]1(C)CC[C@]2(C)CC[C@]3(C)C4=CC=C5C(=CC(=O)C(OC(=O)N6c7ccccc7C=Cc7ccccc76)=C5C)[C@]4(C)CC[C@@]3(C)[C@@H]2C1. The van der Waals surface area contributed by atoms with Gasteiger partial charge in [0.15, 0.2) is 12.4 Å². The summed E-state index contributed by atoms with van der Waals surface area (Å²) in [4.78, 5) is 43.3. The third-order valence-electron chi connectivity index (χ3n) is 14.8. The van der Waals surface area contributed by atoms with Crippen LogP contribution in [0.5, 0.6) is 0 Å². The molecule has 6 aliphatic rings. The number of para-hydroxylation sites is 2. The number of hydrogen-bond donors (Lipinski definition) is 0. The molecule has 272 valence electrons. The maximum atomic E-state index is 14.2. The quantitative estimate of drug-likeness (QED) is 0.235. The summed E-state index contributed by atoms with van der Waals surface area (Å²) in [7, 11) is 0. The molecule has 6 atom stereocenters. The second-order valence-electron chi connectivity index (χ2n) is 17.5. The molecule has 2 aromatic carbocycles. The number of rotatable bonds is 3. The third-order valence-corrected chi connectivity index (χ3v) is 14.8. The number of fused-ring (bicyclic) bond motifs is 9. The van der Waals surface area contributed by atoms with Crippen LogP contribution in [0.2, 0.25) is 0 Å². The summed E-state index contributed by atoms with van der Waals surface area (Å²) in [6.07, 6.45) is 21.6. The molecular formula is C47H49NO5. The molecule has 0 aromatic heterocycles. The second kappa shape index (κ2) is 12.1. The van der Waals surface area contributed by atoms with Crippen LogP contribution in [0.25, 0.3) is 12.2 Å². The molecule has 6 heteroatoms. The number of carbonyl (C=O) groups is 3. The van der Waals surface area contributed by atoms with Gasteiger partial charge < -0.3 is 9.47 Å². The van der Waals surface area contributed by atoms with Crippen molar-refractivity contribution in [3.05, 3.63) is 106 Å². The van der Waals surface area contributed by atoms with E-state index in [9.17, 15) is 14.4 Å². The van der Waals surface area contributed by atoms with Crippen LogP contribution in [0.1, 0.15) is 97.6 Å². The minimum absolute atomic E-state index is 0.00547. The Kier molecular flexibility index (Phi) is 8.00. The lowest BCUT2D eigenvalue weighted by atomic mass is 9.34. The van der Waals surface area contributed by atoms with Crippen molar-refractivity contribution in [2.24, 2.45) is 33.0 Å². The summed E-state index contributed by atoms with van der Waals surface area (Å²) in [5, 5.41) is 0. The molecule has 3 fully saturated rings. The van der Waals surface area contributed by atoms with Crippen LogP contribution in [-0.2, 0) is 19.1 Å². The zero-order valence-electron chi connectivity index (χ0n) is 31.8. The zero-order valence-corrected chi connectivity index (χ0v) is 31.8. The number of ether oxygens (including phenoxy) is 2. The molecule has 1 heterocycles. The van der Waals surface area contributed by atoms with Gasteiger partial charge in [-0.3, -0.25) is 9.59 Å². The maximum absolute atomic E-state index is 14.2. The van der Waals surface area contributed by atoms with Crippen LogP contribution in [0.15, 0.2) is 94.8 Å². The van der Waals surface area contributed by atoms with Crippen molar-refractivity contribution in [3.8, 4) is 12.3 Å². The summed E-state index contributed by atoms with van der Waals surface area (Å²) in [5.41, 5.74) is 6.13. The molecule has 0 bridgehead atoms. The number of amides is 1. The molecule has 1 amide bonds. The highest BCUT2D eigenvalue weighted by Crippen LogP contribution is 2.75. The number of nitrogens with zero attached hydrogens (tertiary/aromatic N) is 1. The van der Waals surface area contributed by atoms with Crippen molar-refractivity contribution in [2.75, 3.05) is 11.5 Å². The van der Waals surface area contributed by atoms with E-state index in [1.54, 1.807) is 11.0 Å². The molecule has 2 aromatic rings. The van der Waals surface area contributed by atoms with Gasteiger partial charge in [-0.25, -0.2) is 9.69 Å². The number of benzene rings is 2. The highest BCUT2D eigenvalue weighted by molar-refractivity contribution is 6.10. The van der Waals surface area contributed by atoms with E-state index in [4.69, 9.17) is 15.9 Å². The van der Waals surface area contributed by atoms with Gasteiger partial charge in [0.2, 0.25) is 5.78 Å². The molecule has 0 radical (unpaired) electrons. The summed E-state index contributed by atoms with van der Waals surface area (Å²) >= 11 is 0. The van der Waals surface area contributed by atoms with Gasteiger partial charge in [-0.15, -0.1) is 6.42 Å². The van der Waals surface area contributed by atoms with Crippen LogP contribution in [-0.4, -0.2) is 24.5 Å². The van der Waals surface area contributed by atoms with Crippen LogP contribution in [0.3, 0.4) is 0 Å². The predicted molar refractivity (Wildman–Crippen MR) is 209 cm³/mol. The fraction of sp³-hybridized carbons (Fsp3) is 0.426. The molecule has 8 rings (SSSR count). The summed E-state index contributed by atoms with van der Waals surface area (Å²) < 4.78 is 11.7. The lowest BCUT2D eigenvalue weighted by Gasteiger charge is -2.70. The topological polar surface area (TPSA) is 72.9 Å². The van der Waals surface area contributed by atoms with Gasteiger partial charge >= 0.3 is 12.1 Å². The lowest BCUT2D eigenvalue weighted by molar-refractivity contribution is -0.181. The van der Waals surface area contributed by atoms with Crippen molar-refractivity contribution in [1.29, 1.82) is 0 Å². The average molecular weight is 708 g/mol. The molecule has 0 N–H and O–H groups in total. The number of terminal acetylenes is 1. The number of esters is 1. The lowest BCUT2D eigenvalue weighted by Crippen LogP contribution is -2.62. The van der Waals surface area contributed by atoms with Crippen LogP contribution >= 0.6 is 0 Å². The second-order valence-corrected chi connectivity index (χ2v) is 17.5. The molecule has 0 saturated heterocycles. The predicted octanol–water partition coefficient (Wildman–Crippen LogP) is 10.7. The van der Waals surface area contributed by atoms with E-state index in [0.717, 1.165) is 67.2 Å². The van der Waals surface area contributed by atoms with Gasteiger partial charge in [0.25, 0.3) is 0 Å². The zero-order chi connectivity index (χ0) is 37.6. The van der Waals surface area contributed by atoms with Gasteiger partial charge in [0.05, 0.1) is 16.8 Å². The first-order valence-corrected chi connectivity index (χ1v) is 19.1. The molecular weight excluding hydrogens is 659 g/mol. The highest BCUT2D eigenvalue weighted by atomic mass is 16.6. The Bertz CT molecular complexity index is 2130. The van der Waals surface area contributed by atoms with Crippen molar-refractivity contribution in [1.82, 2.24) is 0 Å². The Labute approximate surface area is 313 Å². The first kappa shape index (κ1) is 35.2. The Morgan fingerprint density at radius 2 is 1.51 bits per heavy atom. The number of hydrogen-bond acceptors (Lipinski definition) is 5. The van der Waals surface area contributed by atoms with E-state index in [-0.39, 0.29) is 45.8 Å². The molecule has 3 saturated carbocycles. The van der Waals surface area contributed by atoms with Crippen LogP contribution in [0.4, 0.5) is 16.2 Å². The summed E-state index contributed by atoms with van der Waals surface area (Å²) in [6, 6.07) is 15.4. The van der Waals surface area contributed by atoms with E-state index in [1.807, 2.05) is 67.6 Å². The van der Waals surface area contributed by atoms with E-state index < -0.39 is 11.5 Å². The van der Waals surface area contributed by atoms with Gasteiger partial charge in [-0.05, 0) is 121 Å². The summed E-state index contributed by atoms with van der Waals surface area (Å²) in [5.74, 6) is 2.38. The molecule has 0 unspecified atom stereocenters. The highest BCUT2D eigenvalue weighted by Gasteiger charge is 2.67. The van der Waals surface area contributed by atoms with Gasteiger partial charge in [-0.2, -0.15) is 0 Å². The minimum Gasteiger partial charge on any atom is -0.452 e. The monoisotopic (exact) mass is 707 g/mol. The standard InChI is InChI=1S/C47H49NO5/c1-8-27-52-41(50)44(4)22-21-43(3)23-25-46(6)38-20-19-33-30(2)40(37(49)28-34(33)45(38,5)24-26-47(46,7)39(43)29-44)53-42(51)48-35-15-11-9-13-31(35)17-18-32-14-10-12-16-36(32)48/h1,9-20,28,39H,21-27,29H2,2-7H3/t39-,43-,44-,45+,46-,47+/m1/s1. The Morgan fingerprint density at radius 1 is 0.868 bits per heavy atom. The number of ketones is 1. The third kappa shape index (κ3) is 5.03. The first-order valence-electron chi connectivity index (χ1n) is 19.1. The maximum Gasteiger partial charge on any atom is 0.424 e. The van der Waals surface area contributed by atoms with Gasteiger partial charge in [-0.1, -0.05) is 99.9 Å². The fourth-order valence-corrected chi connectivity index (χ4v) is 11.3. The minimum atomic E-state index is -0.624. The normalized spacial score (nSPS) is 33.9. The van der Waals surface area contributed by atoms with Crippen molar-refractivity contribution < 1.29 is 23.9 Å². The molecule has 1 aliphatic heterocycles. The van der Waals surface area contributed by atoms with E-state index in [2.05, 4.69) is 52.7 Å². The molecule has 53 heavy (non-hydrogen) atoms. The molecule has 0 spiro atoms. The average Bonchev–Trinajstić information content (AvgIpc) is 3.31. The van der Waals surface area contributed by atoms with Crippen LogP contribution < -0.4 is 4.90 Å². The number of carbonyl (C=O) groups excluding carboxylic acids is 3. The Balaban J connectivity index is 1.14. The Morgan fingerprint density at radius 3 is 2.17 bits per heavy atom. The van der Waals surface area contributed by atoms with Crippen molar-refractivity contribution in [3.63, 3.8) is 0 Å². The van der Waals surface area contributed by atoms with E-state index in [0.29, 0.717) is 22.9 Å². The largest absolute Gasteiger partial charge is 0.452 e. The van der Waals surface area contributed by atoms with E-state index >= 15 is 0 Å².